The summed E-state index contributed by atoms with van der Waals surface area (Å²) >= 11 is 0. The van der Waals surface area contributed by atoms with E-state index in [1.54, 1.807) is 0 Å². The molecule has 15 heavy (non-hydrogen) atoms. The minimum Gasteiger partial charge on any atom is -0.545 e. The van der Waals surface area contributed by atoms with Crippen molar-refractivity contribution < 1.29 is 9.90 Å². The second kappa shape index (κ2) is 4.38. The van der Waals surface area contributed by atoms with Crippen LogP contribution in [0.2, 0.25) is 0 Å². The standard InChI is InChI=1S/C13H20O2/c1-9(13(14)15)12-4-2-3-11(8-12)7-10-5-6-10/h10-12H,1-8H2,(H,14,15)/p-1. The first-order valence-corrected chi connectivity index (χ1v) is 6.07. The molecule has 0 bridgehead atoms. The van der Waals surface area contributed by atoms with E-state index < -0.39 is 5.97 Å². The van der Waals surface area contributed by atoms with Crippen LogP contribution in [0.3, 0.4) is 0 Å². The Morgan fingerprint density at radius 2 is 1.93 bits per heavy atom. The minimum absolute atomic E-state index is 0.187. The molecule has 0 N–H and O–H groups in total. The molecule has 0 amide bonds. The Labute approximate surface area is 91.4 Å². The van der Waals surface area contributed by atoms with Gasteiger partial charge in [-0.25, -0.2) is 0 Å². The lowest BCUT2D eigenvalue weighted by molar-refractivity contribution is -0.300. The van der Waals surface area contributed by atoms with Gasteiger partial charge in [-0.05, 0) is 42.6 Å². The van der Waals surface area contributed by atoms with E-state index in [2.05, 4.69) is 6.58 Å². The van der Waals surface area contributed by atoms with Crippen LogP contribution < -0.4 is 5.11 Å². The molecule has 0 radical (unpaired) electrons. The zero-order chi connectivity index (χ0) is 10.8. The Morgan fingerprint density at radius 3 is 2.53 bits per heavy atom. The van der Waals surface area contributed by atoms with E-state index in [-0.39, 0.29) is 5.92 Å². The summed E-state index contributed by atoms with van der Waals surface area (Å²) in [6.45, 7) is 3.65. The number of hydrogen-bond donors (Lipinski definition) is 0. The average Bonchev–Trinajstić information content (AvgIpc) is 3.01. The predicted octanol–water partition coefficient (Wildman–Crippen LogP) is 1.90. The summed E-state index contributed by atoms with van der Waals surface area (Å²) in [5, 5.41) is 10.7. The van der Waals surface area contributed by atoms with Gasteiger partial charge in [-0.1, -0.05) is 32.3 Å². The molecule has 2 aliphatic carbocycles. The first-order chi connectivity index (χ1) is 7.16. The molecule has 2 unspecified atom stereocenters. The average molecular weight is 207 g/mol. The van der Waals surface area contributed by atoms with Crippen molar-refractivity contribution in [2.24, 2.45) is 17.8 Å². The second-order valence-electron chi connectivity index (χ2n) is 5.22. The molecular weight excluding hydrogens is 188 g/mol. The van der Waals surface area contributed by atoms with Crippen molar-refractivity contribution in [3.63, 3.8) is 0 Å². The van der Waals surface area contributed by atoms with Crippen molar-refractivity contribution >= 4 is 5.97 Å². The van der Waals surface area contributed by atoms with Gasteiger partial charge < -0.3 is 9.90 Å². The maximum absolute atomic E-state index is 10.7. The molecule has 2 rings (SSSR count). The molecule has 2 nitrogen and oxygen atoms in total. The Kier molecular flexibility index (Phi) is 3.13. The molecule has 2 aliphatic rings. The fourth-order valence-corrected chi connectivity index (χ4v) is 2.81. The van der Waals surface area contributed by atoms with Crippen molar-refractivity contribution in [2.45, 2.75) is 44.9 Å². The van der Waals surface area contributed by atoms with E-state index in [0.717, 1.165) is 31.1 Å². The molecule has 0 spiro atoms. The summed E-state index contributed by atoms with van der Waals surface area (Å²) < 4.78 is 0. The van der Waals surface area contributed by atoms with Gasteiger partial charge in [0, 0.05) is 0 Å². The first-order valence-electron chi connectivity index (χ1n) is 6.07. The lowest BCUT2D eigenvalue weighted by Crippen LogP contribution is -2.30. The SMILES string of the molecule is C=C(C(=O)[O-])C1CCCC(CC2CC2)C1. The number of carboxylic acid groups (broad SMARTS) is 1. The van der Waals surface area contributed by atoms with Crippen LogP contribution in [-0.4, -0.2) is 5.97 Å². The Balaban J connectivity index is 1.85. The van der Waals surface area contributed by atoms with E-state index in [1.807, 2.05) is 0 Å². The van der Waals surface area contributed by atoms with Crippen LogP contribution in [0.5, 0.6) is 0 Å². The smallest absolute Gasteiger partial charge is 0.0671 e. The normalized spacial score (nSPS) is 31.2. The van der Waals surface area contributed by atoms with Crippen LogP contribution in [0.15, 0.2) is 12.2 Å². The van der Waals surface area contributed by atoms with Gasteiger partial charge in [0.1, 0.15) is 0 Å². The zero-order valence-corrected chi connectivity index (χ0v) is 9.21. The number of carboxylic acids is 1. The topological polar surface area (TPSA) is 40.1 Å². The molecule has 0 saturated heterocycles. The van der Waals surface area contributed by atoms with Crippen LogP contribution in [0.4, 0.5) is 0 Å². The van der Waals surface area contributed by atoms with Gasteiger partial charge in [-0.2, -0.15) is 0 Å². The molecule has 2 heteroatoms. The third-order valence-electron chi connectivity index (χ3n) is 3.90. The van der Waals surface area contributed by atoms with Gasteiger partial charge in [0.15, 0.2) is 0 Å². The highest BCUT2D eigenvalue weighted by Gasteiger charge is 2.30. The summed E-state index contributed by atoms with van der Waals surface area (Å²) in [4.78, 5) is 10.7. The van der Waals surface area contributed by atoms with E-state index in [0.29, 0.717) is 5.57 Å². The molecule has 0 aliphatic heterocycles. The predicted molar refractivity (Wildman–Crippen MR) is 56.9 cm³/mol. The highest BCUT2D eigenvalue weighted by Crippen LogP contribution is 2.42. The van der Waals surface area contributed by atoms with Gasteiger partial charge in [0.25, 0.3) is 0 Å². The number of hydrogen-bond acceptors (Lipinski definition) is 2. The zero-order valence-electron chi connectivity index (χ0n) is 9.21. The molecule has 2 saturated carbocycles. The summed E-state index contributed by atoms with van der Waals surface area (Å²) in [6.07, 6.45) is 8.57. The minimum atomic E-state index is -1.05. The third-order valence-corrected chi connectivity index (χ3v) is 3.90. The van der Waals surface area contributed by atoms with Gasteiger partial charge in [-0.3, -0.25) is 0 Å². The van der Waals surface area contributed by atoms with E-state index >= 15 is 0 Å². The summed E-state index contributed by atoms with van der Waals surface area (Å²) in [6, 6.07) is 0. The summed E-state index contributed by atoms with van der Waals surface area (Å²) in [7, 11) is 0. The van der Waals surface area contributed by atoms with Gasteiger partial charge in [-0.15, -0.1) is 0 Å². The number of carbonyl (C=O) groups excluding carboxylic acids is 1. The van der Waals surface area contributed by atoms with E-state index in [4.69, 9.17) is 0 Å². The monoisotopic (exact) mass is 207 g/mol. The highest BCUT2D eigenvalue weighted by atomic mass is 16.4. The molecule has 2 atom stereocenters. The third kappa shape index (κ3) is 2.83. The lowest BCUT2D eigenvalue weighted by atomic mass is 9.76. The molecule has 0 heterocycles. The highest BCUT2D eigenvalue weighted by molar-refractivity contribution is 5.84. The Bertz CT molecular complexity index is 266. The maximum atomic E-state index is 10.7. The molecule has 84 valence electrons. The van der Waals surface area contributed by atoms with E-state index in [1.165, 1.54) is 25.7 Å². The number of carbonyl (C=O) groups is 1. The van der Waals surface area contributed by atoms with Crippen LogP contribution >= 0.6 is 0 Å². The van der Waals surface area contributed by atoms with Crippen molar-refractivity contribution in [3.05, 3.63) is 12.2 Å². The molecule has 0 aromatic carbocycles. The van der Waals surface area contributed by atoms with Crippen molar-refractivity contribution in [1.82, 2.24) is 0 Å². The van der Waals surface area contributed by atoms with Gasteiger partial charge in [0.2, 0.25) is 0 Å². The molecule has 0 aromatic rings. The van der Waals surface area contributed by atoms with E-state index in [9.17, 15) is 9.90 Å². The Hall–Kier alpha value is -0.790. The first kappa shape index (κ1) is 10.7. The second-order valence-corrected chi connectivity index (χ2v) is 5.22. The van der Waals surface area contributed by atoms with Crippen molar-refractivity contribution in [2.75, 3.05) is 0 Å². The number of aliphatic carboxylic acids is 1. The van der Waals surface area contributed by atoms with Gasteiger partial charge in [0.05, 0.1) is 5.97 Å². The summed E-state index contributed by atoms with van der Waals surface area (Å²) in [5.41, 5.74) is 0.329. The Morgan fingerprint density at radius 1 is 1.20 bits per heavy atom. The van der Waals surface area contributed by atoms with Crippen molar-refractivity contribution in [3.8, 4) is 0 Å². The summed E-state index contributed by atoms with van der Waals surface area (Å²) in [5.74, 6) is 0.830. The maximum Gasteiger partial charge on any atom is 0.0671 e. The van der Waals surface area contributed by atoms with Crippen LogP contribution in [0, 0.1) is 17.8 Å². The number of rotatable bonds is 4. The van der Waals surface area contributed by atoms with Crippen molar-refractivity contribution in [1.29, 1.82) is 0 Å². The molecule has 2 fully saturated rings. The fourth-order valence-electron chi connectivity index (χ4n) is 2.81. The van der Waals surface area contributed by atoms with Gasteiger partial charge >= 0.3 is 0 Å². The van der Waals surface area contributed by atoms with Crippen LogP contribution in [0.25, 0.3) is 0 Å². The largest absolute Gasteiger partial charge is 0.545 e. The van der Waals surface area contributed by atoms with Crippen LogP contribution in [-0.2, 0) is 4.79 Å². The van der Waals surface area contributed by atoms with Crippen LogP contribution in [0.1, 0.15) is 44.9 Å². The molecule has 0 aromatic heterocycles. The lowest BCUT2D eigenvalue weighted by Gasteiger charge is -2.30. The fraction of sp³-hybridized carbons (Fsp3) is 0.769. The quantitative estimate of drug-likeness (QED) is 0.660. The molecular formula is C13H19O2-.